The third-order valence-corrected chi connectivity index (χ3v) is 20.7. The van der Waals surface area contributed by atoms with Gasteiger partial charge < -0.3 is 28.5 Å². The first-order valence-corrected chi connectivity index (χ1v) is 33.5. The summed E-state index contributed by atoms with van der Waals surface area (Å²) in [5.41, 5.74) is 4.20. The molecule has 0 spiro atoms. The lowest BCUT2D eigenvalue weighted by molar-refractivity contribution is -0.929. The van der Waals surface area contributed by atoms with Gasteiger partial charge in [-0.25, -0.2) is 0 Å². The highest BCUT2D eigenvalue weighted by molar-refractivity contribution is 7.14. The van der Waals surface area contributed by atoms with Crippen LogP contribution in [-0.2, 0) is 0 Å². The Morgan fingerprint density at radius 3 is 1.19 bits per heavy atom. The average molecular weight is 1090 g/mol. The highest BCUT2D eigenvalue weighted by atomic mass is 32.1. The molecule has 75 heavy (non-hydrogen) atoms. The van der Waals surface area contributed by atoms with E-state index in [1.165, 1.54) is 149 Å². The lowest BCUT2D eigenvalue weighted by Crippen LogP contribution is -3.00. The van der Waals surface area contributed by atoms with Crippen LogP contribution in [0.5, 0.6) is 11.5 Å². The lowest BCUT2D eigenvalue weighted by Gasteiger charge is -2.39. The normalized spacial score (nSPS) is 11.7. The van der Waals surface area contributed by atoms with Gasteiger partial charge in [0.25, 0.3) is 8.32 Å². The van der Waals surface area contributed by atoms with Crippen LogP contribution in [0.4, 0.5) is 11.4 Å². The number of quaternary nitrogens is 1. The molecule has 2 heterocycles. The Labute approximate surface area is 467 Å². The number of rotatable bonds is 34. The van der Waals surface area contributed by atoms with Crippen molar-refractivity contribution in [1.29, 1.82) is 0 Å². The fourth-order valence-electron chi connectivity index (χ4n) is 8.41. The number of aldehydes is 2. The zero-order valence-corrected chi connectivity index (χ0v) is 52.0. The van der Waals surface area contributed by atoms with Crippen LogP contribution in [0.3, 0.4) is 0 Å². The lowest BCUT2D eigenvalue weighted by atomic mass is 10.1. The molecular formula is C64H104FN3O4S2Si. The fourth-order valence-corrected chi connectivity index (χ4v) is 10.9. The van der Waals surface area contributed by atoms with Crippen molar-refractivity contribution in [1.82, 2.24) is 0 Å². The first-order valence-electron chi connectivity index (χ1n) is 29.0. The van der Waals surface area contributed by atoms with Gasteiger partial charge in [-0.15, -0.1) is 22.7 Å². The molecule has 0 aliphatic heterocycles. The molecule has 0 saturated carbocycles. The Bertz CT molecular complexity index is 2140. The van der Waals surface area contributed by atoms with Crippen molar-refractivity contribution in [2.75, 3.05) is 62.2 Å². The van der Waals surface area contributed by atoms with E-state index in [0.717, 1.165) is 88.8 Å². The maximum Gasteiger partial charge on any atom is 0.250 e. The van der Waals surface area contributed by atoms with Gasteiger partial charge in [-0.2, -0.15) is 0 Å². The molecule has 0 fully saturated rings. The van der Waals surface area contributed by atoms with Crippen molar-refractivity contribution in [3.63, 3.8) is 0 Å². The van der Waals surface area contributed by atoms with Gasteiger partial charge in [0.05, 0.1) is 35.9 Å². The molecule has 0 bridgehead atoms. The van der Waals surface area contributed by atoms with Crippen LogP contribution >= 0.6 is 22.7 Å². The van der Waals surface area contributed by atoms with E-state index in [9.17, 15) is 14.7 Å². The first-order chi connectivity index (χ1) is 35.5. The summed E-state index contributed by atoms with van der Waals surface area (Å²) in [6.07, 6.45) is 30.3. The number of hydrogen-bond acceptors (Lipinski definition) is 8. The van der Waals surface area contributed by atoms with Crippen LogP contribution in [0, 0.1) is 0 Å². The van der Waals surface area contributed by atoms with Gasteiger partial charge in [0, 0.05) is 70.6 Å². The minimum Gasteiger partial charge on any atom is -1.00 e. The van der Waals surface area contributed by atoms with Gasteiger partial charge >= 0.3 is 0 Å². The molecule has 4 aromatic rings. The molecule has 0 radical (unpaired) electrons. The minimum absolute atomic E-state index is 0. The second kappa shape index (κ2) is 38.5. The number of anilines is 2. The van der Waals surface area contributed by atoms with E-state index in [-0.39, 0.29) is 9.74 Å². The number of nitrogens with zero attached hydrogens (tertiary/aromatic N) is 3. The summed E-state index contributed by atoms with van der Waals surface area (Å²) < 4.78 is 8.24. The van der Waals surface area contributed by atoms with Crippen molar-refractivity contribution < 1.29 is 28.3 Å². The van der Waals surface area contributed by atoms with Gasteiger partial charge in [0.2, 0.25) is 0 Å². The quantitative estimate of drug-likeness (QED) is 0.0286. The number of phenols is 1. The number of hydrogen-bond donors (Lipinski definition) is 1. The molecule has 11 heteroatoms. The Balaban J connectivity index is 0.000000586. The molecule has 7 nitrogen and oxygen atoms in total. The van der Waals surface area contributed by atoms with Crippen LogP contribution in [-0.4, -0.2) is 82.8 Å². The Hall–Kier alpha value is -4.03. The van der Waals surface area contributed by atoms with Crippen molar-refractivity contribution in [3.8, 4) is 11.5 Å². The third kappa shape index (κ3) is 25.8. The SMILES string of the molecule is CCCCN(CCCC)c1ccc(/C=C/c2ccc(C=O)s2)c(O)c1.CCCCN(CCCC)c1ccc(/C=C/c2ccc(C=O)s2)c(O[Si](C)(C)C(C)(C)C)c1.CCCC[N+](CCCC)(CCCC)CCCC.[F-]. The summed E-state index contributed by atoms with van der Waals surface area (Å²) >= 11 is 2.95. The van der Waals surface area contributed by atoms with Gasteiger partial charge in [0.1, 0.15) is 11.5 Å². The second-order valence-corrected chi connectivity index (χ2v) is 28.8. The number of thiophene rings is 2. The molecule has 0 amide bonds. The maximum absolute atomic E-state index is 11.0. The first kappa shape index (κ1) is 69.0. The molecule has 2 aromatic carbocycles. The topological polar surface area (TPSA) is 70.1 Å². The van der Waals surface area contributed by atoms with E-state index in [0.29, 0.717) is 10.6 Å². The summed E-state index contributed by atoms with van der Waals surface area (Å²) in [5, 5.41) is 10.5. The summed E-state index contributed by atoms with van der Waals surface area (Å²) in [6, 6.07) is 20.1. The highest BCUT2D eigenvalue weighted by Gasteiger charge is 2.39. The Morgan fingerprint density at radius 2 is 0.853 bits per heavy atom. The van der Waals surface area contributed by atoms with Crippen LogP contribution in [0.15, 0.2) is 60.7 Å². The zero-order valence-electron chi connectivity index (χ0n) is 49.4. The van der Waals surface area contributed by atoms with Crippen molar-refractivity contribution >= 4 is 79.2 Å². The number of benzene rings is 2. The fraction of sp³-hybridized carbons (Fsp3) is 0.594. The van der Waals surface area contributed by atoms with E-state index in [1.54, 1.807) is 6.07 Å². The van der Waals surface area contributed by atoms with Crippen molar-refractivity contribution in [2.24, 2.45) is 0 Å². The van der Waals surface area contributed by atoms with Crippen LogP contribution < -0.4 is 18.9 Å². The number of halogens is 1. The standard InChI is InChI=1S/C27H41NO2SSi.C21H27NO2S.C16H36N.FH/c1-8-10-18-28(19-11-9-2)23-14-12-22(13-15-24-16-17-25(21-29)31-24)26(20-23)30-32(6,7)27(3,4)5;1-3-5-13-22(14-6-4-2)18-9-7-17(21(24)15-18)8-10-19-11-12-20(16-23)25-19;1-5-9-13-17(14-10-6-2,15-11-7-3)16-12-8-4;/h12-17,20-21H,8-11,18-19H2,1-7H3;7-12,15-16,24H,3-6,13-14H2,1-2H3;5-16H2,1-4H3;1H/q;;+1;/p-1/b15-13+;10-8+;;. The molecule has 1 N–H and O–H groups in total. The molecule has 0 unspecified atom stereocenters. The molecule has 422 valence electrons. The summed E-state index contributed by atoms with van der Waals surface area (Å²) in [5.74, 6) is 1.26. The van der Waals surface area contributed by atoms with E-state index < -0.39 is 8.32 Å². The van der Waals surface area contributed by atoms with Gasteiger partial charge in [-0.05, 0) is 142 Å². The van der Waals surface area contributed by atoms with E-state index in [1.807, 2.05) is 42.5 Å². The van der Waals surface area contributed by atoms with E-state index >= 15 is 0 Å². The minimum atomic E-state index is -1.99. The highest BCUT2D eigenvalue weighted by Crippen LogP contribution is 2.40. The predicted molar refractivity (Wildman–Crippen MR) is 333 cm³/mol. The number of phenolic OH excluding ortho intramolecular Hbond substituents is 1. The van der Waals surface area contributed by atoms with Crippen molar-refractivity contribution in [3.05, 3.63) is 91.3 Å². The smallest absolute Gasteiger partial charge is 0.250 e. The Morgan fingerprint density at radius 1 is 0.507 bits per heavy atom. The molecule has 2 aromatic heterocycles. The molecule has 0 atom stereocenters. The number of carbonyl (C=O) groups excluding carboxylic acids is 2. The van der Waals surface area contributed by atoms with Crippen LogP contribution in [0.1, 0.15) is 219 Å². The zero-order chi connectivity index (χ0) is 54.8. The maximum atomic E-state index is 11.0. The largest absolute Gasteiger partial charge is 1.00 e. The number of unbranched alkanes of at least 4 members (excludes halogenated alkanes) is 8. The summed E-state index contributed by atoms with van der Waals surface area (Å²) in [6.45, 7) is 39.5. The van der Waals surface area contributed by atoms with E-state index in [2.05, 4.69) is 135 Å². The molecular weight excluding hydrogens is 986 g/mol. The number of carbonyl (C=O) groups is 2. The third-order valence-electron chi connectivity index (χ3n) is 14.4. The van der Waals surface area contributed by atoms with Crippen molar-refractivity contribution in [2.45, 2.75) is 197 Å². The average Bonchev–Trinajstić information content (AvgIpc) is 4.07. The van der Waals surface area contributed by atoms with Gasteiger partial charge in [0.15, 0.2) is 12.6 Å². The van der Waals surface area contributed by atoms with Gasteiger partial charge in [-0.1, -0.05) is 128 Å². The van der Waals surface area contributed by atoms with Gasteiger partial charge in [-0.3, -0.25) is 9.59 Å². The predicted octanol–water partition coefficient (Wildman–Crippen LogP) is 16.4. The molecule has 0 saturated heterocycles. The van der Waals surface area contributed by atoms with Crippen LogP contribution in [0.2, 0.25) is 18.1 Å². The molecule has 0 aliphatic rings. The van der Waals surface area contributed by atoms with Crippen LogP contribution in [0.25, 0.3) is 24.3 Å². The number of aromatic hydroxyl groups is 1. The summed E-state index contributed by atoms with van der Waals surface area (Å²) in [4.78, 5) is 30.2. The molecule has 0 aliphatic carbocycles. The molecule has 4 rings (SSSR count). The monoisotopic (exact) mass is 1090 g/mol. The van der Waals surface area contributed by atoms with E-state index in [4.69, 9.17) is 4.43 Å². The summed E-state index contributed by atoms with van der Waals surface area (Å²) in [7, 11) is -1.99. The second-order valence-electron chi connectivity index (χ2n) is 21.7. The Kier molecular flexibility index (Phi) is 35.4.